The van der Waals surface area contributed by atoms with E-state index in [4.69, 9.17) is 14.2 Å². The molecule has 36 heavy (non-hydrogen) atoms. The van der Waals surface area contributed by atoms with Crippen LogP contribution in [-0.2, 0) is 20.7 Å². The molecule has 6 nitrogen and oxygen atoms in total. The molecule has 0 saturated carbocycles. The van der Waals surface area contributed by atoms with E-state index >= 15 is 0 Å². The minimum absolute atomic E-state index is 0.0206. The van der Waals surface area contributed by atoms with Crippen molar-refractivity contribution < 1.29 is 29.2 Å². The quantitative estimate of drug-likeness (QED) is 0.477. The van der Waals surface area contributed by atoms with Crippen molar-refractivity contribution in [3.63, 3.8) is 0 Å². The number of aliphatic hydroxyl groups is 2. The van der Waals surface area contributed by atoms with Crippen molar-refractivity contribution >= 4 is 5.97 Å². The molecule has 3 aliphatic rings. The fraction of sp³-hybridized carbons (Fsp3) is 0.633. The zero-order chi connectivity index (χ0) is 25.7. The Hall–Kier alpha value is -2.15. The predicted octanol–water partition coefficient (Wildman–Crippen LogP) is 4.77. The third kappa shape index (κ3) is 6.58. The zero-order valence-corrected chi connectivity index (χ0v) is 21.8. The maximum absolute atomic E-state index is 13.3. The number of ether oxygens (including phenoxy) is 3. The summed E-state index contributed by atoms with van der Waals surface area (Å²) in [6.45, 7) is 6.83. The van der Waals surface area contributed by atoms with Crippen LogP contribution in [0.1, 0.15) is 64.9 Å². The first-order chi connectivity index (χ1) is 17.4. The Morgan fingerprint density at radius 2 is 1.92 bits per heavy atom. The molecule has 4 rings (SSSR count). The van der Waals surface area contributed by atoms with E-state index in [-0.39, 0.29) is 30.0 Å². The monoisotopic (exact) mass is 498 g/mol. The lowest BCUT2D eigenvalue weighted by Crippen LogP contribution is -2.44. The Bertz CT molecular complexity index is 922. The maximum Gasteiger partial charge on any atom is 0.347 e. The summed E-state index contributed by atoms with van der Waals surface area (Å²) in [4.78, 5) is 13.3. The highest BCUT2D eigenvalue weighted by molar-refractivity contribution is 5.75. The zero-order valence-electron chi connectivity index (χ0n) is 21.8. The summed E-state index contributed by atoms with van der Waals surface area (Å²) in [5.41, 5.74) is 2.26. The molecule has 2 aliphatic carbocycles. The van der Waals surface area contributed by atoms with Gasteiger partial charge in [-0.15, -0.1) is 0 Å². The fourth-order valence-corrected chi connectivity index (χ4v) is 5.92. The van der Waals surface area contributed by atoms with Gasteiger partial charge in [-0.2, -0.15) is 0 Å². The summed E-state index contributed by atoms with van der Waals surface area (Å²) in [5.74, 6) is 0.869. The van der Waals surface area contributed by atoms with Gasteiger partial charge in [-0.1, -0.05) is 51.1 Å². The van der Waals surface area contributed by atoms with Gasteiger partial charge in [0.15, 0.2) is 6.10 Å². The minimum Gasteiger partial charge on any atom is -0.479 e. The molecule has 1 aromatic rings. The highest BCUT2D eigenvalue weighted by Crippen LogP contribution is 2.44. The molecule has 0 amide bonds. The molecule has 1 fully saturated rings. The second-order valence-corrected chi connectivity index (χ2v) is 10.6. The van der Waals surface area contributed by atoms with Crippen LogP contribution in [0.25, 0.3) is 0 Å². The average molecular weight is 499 g/mol. The van der Waals surface area contributed by atoms with E-state index < -0.39 is 18.3 Å². The molecule has 1 saturated heterocycles. The SMILES string of the molecule is CCc1ccc(OC(CC)C(=O)O[C@H]2C[C@H](O)C=C3C=C[C@H](C)[C@H](CC[C@@H]4C[C@H](O)CCO4)[C@H]32)cc1. The number of carbonyl (C=O) groups excluding carboxylic acids is 1. The van der Waals surface area contributed by atoms with E-state index in [0.717, 1.165) is 24.8 Å². The van der Waals surface area contributed by atoms with Gasteiger partial charge in [0, 0.05) is 18.9 Å². The number of hydrogen-bond donors (Lipinski definition) is 2. The standard InChI is InChI=1S/C30H42O6/c1-4-20-7-10-24(11-8-20)35-27(5-2)30(33)36-28-18-23(32)16-21-9-6-19(3)26(29(21)28)13-12-25-17-22(31)14-15-34-25/h6-11,16,19,22-23,25-29,31-32H,4-5,12-15,17-18H2,1-3H3/t19-,22+,23+,25+,26-,27?,28-,29-/m0/s1. The van der Waals surface area contributed by atoms with Crippen LogP contribution in [0.4, 0.5) is 0 Å². The van der Waals surface area contributed by atoms with Gasteiger partial charge < -0.3 is 24.4 Å². The number of hydrogen-bond acceptors (Lipinski definition) is 6. The smallest absolute Gasteiger partial charge is 0.347 e. The number of fused-ring (bicyclic) bond motifs is 1. The number of rotatable bonds is 9. The number of allylic oxidation sites excluding steroid dienone is 2. The van der Waals surface area contributed by atoms with Crippen molar-refractivity contribution in [3.05, 3.63) is 53.6 Å². The summed E-state index contributed by atoms with van der Waals surface area (Å²) < 4.78 is 18.0. The van der Waals surface area contributed by atoms with Crippen LogP contribution in [0.2, 0.25) is 0 Å². The molecule has 0 spiro atoms. The van der Waals surface area contributed by atoms with E-state index in [0.29, 0.717) is 44.0 Å². The Labute approximate surface area is 215 Å². The van der Waals surface area contributed by atoms with Gasteiger partial charge in [0.25, 0.3) is 0 Å². The first kappa shape index (κ1) is 26.9. The van der Waals surface area contributed by atoms with Crippen molar-refractivity contribution in [2.45, 2.75) is 96.2 Å². The summed E-state index contributed by atoms with van der Waals surface area (Å²) >= 11 is 0. The first-order valence-corrected chi connectivity index (χ1v) is 13.7. The Morgan fingerprint density at radius 3 is 2.61 bits per heavy atom. The second kappa shape index (κ2) is 12.4. The Kier molecular flexibility index (Phi) is 9.26. The van der Waals surface area contributed by atoms with Gasteiger partial charge in [-0.3, -0.25) is 0 Å². The van der Waals surface area contributed by atoms with Gasteiger partial charge >= 0.3 is 5.97 Å². The van der Waals surface area contributed by atoms with Crippen molar-refractivity contribution in [1.29, 1.82) is 0 Å². The normalized spacial score (nSPS) is 32.8. The molecule has 1 heterocycles. The van der Waals surface area contributed by atoms with Crippen LogP contribution < -0.4 is 4.74 Å². The predicted molar refractivity (Wildman–Crippen MR) is 139 cm³/mol. The lowest BCUT2D eigenvalue weighted by Gasteiger charge is -2.43. The molecule has 0 bridgehead atoms. The lowest BCUT2D eigenvalue weighted by molar-refractivity contribution is -0.163. The number of benzene rings is 1. The Morgan fingerprint density at radius 1 is 1.14 bits per heavy atom. The molecule has 1 aliphatic heterocycles. The van der Waals surface area contributed by atoms with Crippen LogP contribution >= 0.6 is 0 Å². The molecule has 198 valence electrons. The fourth-order valence-electron chi connectivity index (χ4n) is 5.92. The van der Waals surface area contributed by atoms with Crippen molar-refractivity contribution in [2.75, 3.05) is 6.61 Å². The summed E-state index contributed by atoms with van der Waals surface area (Å²) in [7, 11) is 0. The number of carbonyl (C=O) groups is 1. The van der Waals surface area contributed by atoms with Crippen LogP contribution in [-0.4, -0.2) is 53.3 Å². The lowest BCUT2D eigenvalue weighted by atomic mass is 9.66. The molecule has 1 unspecified atom stereocenters. The molecule has 2 N–H and O–H groups in total. The largest absolute Gasteiger partial charge is 0.479 e. The number of aliphatic hydroxyl groups excluding tert-OH is 2. The van der Waals surface area contributed by atoms with Crippen LogP contribution in [0.15, 0.2) is 48.1 Å². The number of aryl methyl sites for hydroxylation is 1. The van der Waals surface area contributed by atoms with E-state index in [9.17, 15) is 15.0 Å². The van der Waals surface area contributed by atoms with Crippen molar-refractivity contribution in [2.24, 2.45) is 17.8 Å². The molecular weight excluding hydrogens is 456 g/mol. The molecule has 0 radical (unpaired) electrons. The van der Waals surface area contributed by atoms with Crippen LogP contribution in [0, 0.1) is 17.8 Å². The second-order valence-electron chi connectivity index (χ2n) is 10.6. The molecule has 0 aromatic heterocycles. The van der Waals surface area contributed by atoms with Gasteiger partial charge in [-0.25, -0.2) is 4.79 Å². The van der Waals surface area contributed by atoms with E-state index in [2.05, 4.69) is 26.0 Å². The topological polar surface area (TPSA) is 85.2 Å². The third-order valence-electron chi connectivity index (χ3n) is 8.05. The minimum atomic E-state index is -0.698. The van der Waals surface area contributed by atoms with Gasteiger partial charge in [0.1, 0.15) is 11.9 Å². The van der Waals surface area contributed by atoms with Gasteiger partial charge in [0.2, 0.25) is 0 Å². The van der Waals surface area contributed by atoms with E-state index in [1.54, 1.807) is 0 Å². The van der Waals surface area contributed by atoms with E-state index in [1.165, 1.54) is 5.56 Å². The number of esters is 1. The molecule has 8 atom stereocenters. The molecule has 6 heteroatoms. The summed E-state index contributed by atoms with van der Waals surface area (Å²) in [6.07, 6.45) is 9.18. The molecular formula is C30H42O6. The maximum atomic E-state index is 13.3. The third-order valence-corrected chi connectivity index (χ3v) is 8.05. The molecule has 1 aromatic carbocycles. The Balaban J connectivity index is 1.45. The van der Waals surface area contributed by atoms with Crippen molar-refractivity contribution in [1.82, 2.24) is 0 Å². The van der Waals surface area contributed by atoms with Crippen LogP contribution in [0.5, 0.6) is 5.75 Å². The van der Waals surface area contributed by atoms with Gasteiger partial charge in [0.05, 0.1) is 18.3 Å². The van der Waals surface area contributed by atoms with Gasteiger partial charge in [-0.05, 0) is 73.6 Å². The van der Waals surface area contributed by atoms with Crippen molar-refractivity contribution in [3.8, 4) is 5.75 Å². The summed E-state index contributed by atoms with van der Waals surface area (Å²) in [6, 6.07) is 7.82. The van der Waals surface area contributed by atoms with E-state index in [1.807, 2.05) is 37.3 Å². The van der Waals surface area contributed by atoms with Crippen LogP contribution in [0.3, 0.4) is 0 Å². The summed E-state index contributed by atoms with van der Waals surface area (Å²) in [5, 5.41) is 20.6. The highest BCUT2D eigenvalue weighted by Gasteiger charge is 2.42. The highest BCUT2D eigenvalue weighted by atomic mass is 16.6. The average Bonchev–Trinajstić information content (AvgIpc) is 2.87. The first-order valence-electron chi connectivity index (χ1n) is 13.7.